The Morgan fingerprint density at radius 2 is 2.07 bits per heavy atom. The van der Waals surface area contributed by atoms with E-state index in [-0.39, 0.29) is 22.9 Å². The van der Waals surface area contributed by atoms with E-state index in [1.54, 1.807) is 0 Å². The van der Waals surface area contributed by atoms with Crippen LogP contribution < -0.4 is 0 Å². The minimum absolute atomic E-state index is 0.0524. The molecule has 0 saturated heterocycles. The molecule has 4 fully saturated rings. The van der Waals surface area contributed by atoms with Crippen LogP contribution in [0.4, 0.5) is 0 Å². The third-order valence-electron chi connectivity index (χ3n) is 8.97. The molecule has 4 heteroatoms. The fourth-order valence-corrected chi connectivity index (χ4v) is 7.71. The van der Waals surface area contributed by atoms with E-state index in [2.05, 4.69) is 13.0 Å². The number of carbonyl (C=O) groups is 1. The van der Waals surface area contributed by atoms with E-state index in [1.165, 1.54) is 25.3 Å². The molecule has 0 aromatic rings. The number of esters is 1. The number of nitrogens with zero attached hydrogens (tertiary/aromatic N) is 1. The second-order valence-electron chi connectivity index (χ2n) is 9.89. The highest BCUT2D eigenvalue weighted by molar-refractivity contribution is 5.65. The van der Waals surface area contributed by atoms with Crippen LogP contribution in [0.15, 0.2) is 11.6 Å². The van der Waals surface area contributed by atoms with Gasteiger partial charge in [-0.15, -0.1) is 0 Å². The van der Waals surface area contributed by atoms with Gasteiger partial charge in [0.1, 0.15) is 0 Å². The lowest BCUT2D eigenvalue weighted by atomic mass is 9.44. The van der Waals surface area contributed by atoms with E-state index in [0.717, 1.165) is 44.9 Å². The van der Waals surface area contributed by atoms with Gasteiger partial charge in [-0.25, -0.2) is 0 Å². The zero-order valence-electron chi connectivity index (χ0n) is 16.7. The van der Waals surface area contributed by atoms with Gasteiger partial charge < -0.3 is 9.84 Å². The minimum atomic E-state index is -0.192. The lowest BCUT2D eigenvalue weighted by Crippen LogP contribution is -2.56. The van der Waals surface area contributed by atoms with Crippen molar-refractivity contribution in [3.05, 3.63) is 11.6 Å². The second kappa shape index (κ2) is 6.92. The SMILES string of the molecule is CC(=O)OCC12CCC(O)CC1CCC1C3CCC(=CC#N)C3(C)CCC12. The average molecular weight is 372 g/mol. The van der Waals surface area contributed by atoms with Crippen LogP contribution in [0.1, 0.15) is 71.6 Å². The Hall–Kier alpha value is -1.34. The standard InChI is InChI=1S/C23H33NO3/c1-15(25)27-14-23-11-7-18(26)13-17(23)3-5-19-20-6-4-16(9-12-24)22(20,2)10-8-21(19)23/h9,17-21,26H,3-8,10-11,13-14H2,1-2H3. The largest absolute Gasteiger partial charge is 0.465 e. The van der Waals surface area contributed by atoms with Crippen LogP contribution >= 0.6 is 0 Å². The van der Waals surface area contributed by atoms with E-state index in [0.29, 0.717) is 30.3 Å². The number of aliphatic hydroxyl groups excluding tert-OH is 1. The van der Waals surface area contributed by atoms with E-state index < -0.39 is 0 Å². The number of hydrogen-bond acceptors (Lipinski definition) is 4. The third-order valence-corrected chi connectivity index (χ3v) is 8.97. The fraction of sp³-hybridized carbons (Fsp3) is 0.826. The monoisotopic (exact) mass is 371 g/mol. The third kappa shape index (κ3) is 2.94. The van der Waals surface area contributed by atoms with E-state index in [9.17, 15) is 15.2 Å². The molecule has 0 aromatic carbocycles. The molecule has 148 valence electrons. The summed E-state index contributed by atoms with van der Waals surface area (Å²) in [6, 6.07) is 2.28. The van der Waals surface area contributed by atoms with Crippen molar-refractivity contribution in [1.29, 1.82) is 5.26 Å². The van der Waals surface area contributed by atoms with Crippen LogP contribution in [0.3, 0.4) is 0 Å². The zero-order valence-corrected chi connectivity index (χ0v) is 16.7. The molecule has 4 rings (SSSR count). The van der Waals surface area contributed by atoms with Crippen molar-refractivity contribution in [2.24, 2.45) is 34.5 Å². The van der Waals surface area contributed by atoms with Crippen molar-refractivity contribution in [2.45, 2.75) is 77.7 Å². The molecule has 4 nitrogen and oxygen atoms in total. The normalized spacial score (nSPS) is 47.5. The number of ether oxygens (including phenoxy) is 1. The average Bonchev–Trinajstić information content (AvgIpc) is 2.97. The molecule has 0 spiro atoms. The molecule has 4 aliphatic rings. The summed E-state index contributed by atoms with van der Waals surface area (Å²) in [6.07, 6.45) is 11.2. The lowest BCUT2D eigenvalue weighted by molar-refractivity contribution is -0.171. The van der Waals surface area contributed by atoms with Crippen LogP contribution in [0.25, 0.3) is 0 Å². The topological polar surface area (TPSA) is 70.3 Å². The summed E-state index contributed by atoms with van der Waals surface area (Å²) >= 11 is 0. The van der Waals surface area contributed by atoms with E-state index in [4.69, 9.17) is 4.74 Å². The van der Waals surface area contributed by atoms with Gasteiger partial charge in [0.15, 0.2) is 0 Å². The summed E-state index contributed by atoms with van der Waals surface area (Å²) in [7, 11) is 0. The Balaban J connectivity index is 1.65. The Labute approximate surface area is 163 Å². The number of rotatable bonds is 2. The number of nitriles is 1. The molecule has 7 unspecified atom stereocenters. The summed E-state index contributed by atoms with van der Waals surface area (Å²) in [5.74, 6) is 2.19. The Kier molecular flexibility index (Phi) is 4.87. The van der Waals surface area contributed by atoms with Crippen LogP contribution in [-0.4, -0.2) is 23.8 Å². The number of aliphatic hydroxyl groups is 1. The summed E-state index contributed by atoms with van der Waals surface area (Å²) in [5, 5.41) is 19.5. The highest BCUT2D eigenvalue weighted by Gasteiger charge is 2.60. The lowest BCUT2D eigenvalue weighted by Gasteiger charge is -2.61. The first kappa shape index (κ1) is 19.0. The second-order valence-corrected chi connectivity index (χ2v) is 9.89. The summed E-state index contributed by atoms with van der Waals surface area (Å²) in [6.45, 7) is 4.43. The molecule has 0 aromatic heterocycles. The molecule has 4 aliphatic carbocycles. The van der Waals surface area contributed by atoms with Crippen LogP contribution in [0.5, 0.6) is 0 Å². The van der Waals surface area contributed by atoms with Gasteiger partial charge in [0, 0.05) is 18.4 Å². The number of allylic oxidation sites excluding steroid dienone is 2. The van der Waals surface area contributed by atoms with Crippen LogP contribution in [0, 0.1) is 45.8 Å². The molecular weight excluding hydrogens is 338 g/mol. The molecule has 0 aliphatic heterocycles. The summed E-state index contributed by atoms with van der Waals surface area (Å²) < 4.78 is 5.65. The molecule has 0 radical (unpaired) electrons. The Morgan fingerprint density at radius 1 is 1.26 bits per heavy atom. The zero-order chi connectivity index (χ0) is 19.2. The first-order valence-corrected chi connectivity index (χ1v) is 10.8. The smallest absolute Gasteiger partial charge is 0.302 e. The molecule has 4 saturated carbocycles. The molecule has 7 atom stereocenters. The number of fused-ring (bicyclic) bond motifs is 5. The van der Waals surface area contributed by atoms with Crippen molar-refractivity contribution in [1.82, 2.24) is 0 Å². The summed E-state index contributed by atoms with van der Waals surface area (Å²) in [4.78, 5) is 11.6. The predicted molar refractivity (Wildman–Crippen MR) is 102 cm³/mol. The van der Waals surface area contributed by atoms with Crippen molar-refractivity contribution >= 4 is 5.97 Å². The molecular formula is C23H33NO3. The summed E-state index contributed by atoms with van der Waals surface area (Å²) in [5.41, 5.74) is 1.60. The Morgan fingerprint density at radius 3 is 2.81 bits per heavy atom. The number of hydrogen-bond donors (Lipinski definition) is 1. The maximum Gasteiger partial charge on any atom is 0.302 e. The van der Waals surface area contributed by atoms with Gasteiger partial charge in [0.05, 0.1) is 18.8 Å². The van der Waals surface area contributed by atoms with E-state index >= 15 is 0 Å². The predicted octanol–water partition coefficient (Wildman–Crippen LogP) is 4.38. The Bertz CT molecular complexity index is 680. The van der Waals surface area contributed by atoms with Crippen molar-refractivity contribution in [3.8, 4) is 6.07 Å². The van der Waals surface area contributed by atoms with Crippen molar-refractivity contribution in [2.75, 3.05) is 6.61 Å². The van der Waals surface area contributed by atoms with Gasteiger partial charge in [0.2, 0.25) is 0 Å². The molecule has 1 N–H and O–H groups in total. The van der Waals surface area contributed by atoms with E-state index in [1.807, 2.05) is 6.08 Å². The van der Waals surface area contributed by atoms with Crippen LogP contribution in [-0.2, 0) is 9.53 Å². The van der Waals surface area contributed by atoms with Gasteiger partial charge in [-0.1, -0.05) is 12.5 Å². The van der Waals surface area contributed by atoms with Crippen LogP contribution in [0.2, 0.25) is 0 Å². The van der Waals surface area contributed by atoms with Crippen molar-refractivity contribution < 1.29 is 14.6 Å². The highest BCUT2D eigenvalue weighted by atomic mass is 16.5. The fourth-order valence-electron chi connectivity index (χ4n) is 7.71. The van der Waals surface area contributed by atoms with Gasteiger partial charge in [-0.05, 0) is 86.9 Å². The van der Waals surface area contributed by atoms with Gasteiger partial charge in [0.25, 0.3) is 0 Å². The molecule has 0 heterocycles. The van der Waals surface area contributed by atoms with Crippen molar-refractivity contribution in [3.63, 3.8) is 0 Å². The highest BCUT2D eigenvalue weighted by Crippen LogP contribution is 2.67. The quantitative estimate of drug-likeness (QED) is 0.577. The van der Waals surface area contributed by atoms with Gasteiger partial charge >= 0.3 is 5.97 Å². The maximum atomic E-state index is 11.6. The molecule has 0 amide bonds. The molecule has 27 heavy (non-hydrogen) atoms. The first-order chi connectivity index (χ1) is 12.9. The van der Waals surface area contributed by atoms with Gasteiger partial charge in [-0.2, -0.15) is 5.26 Å². The maximum absolute atomic E-state index is 11.6. The van der Waals surface area contributed by atoms with Gasteiger partial charge in [-0.3, -0.25) is 4.79 Å². The first-order valence-electron chi connectivity index (χ1n) is 10.8. The number of carbonyl (C=O) groups excluding carboxylic acids is 1. The molecule has 0 bridgehead atoms. The minimum Gasteiger partial charge on any atom is -0.465 e.